The summed E-state index contributed by atoms with van der Waals surface area (Å²) in [5.74, 6) is 1.91. The van der Waals surface area contributed by atoms with Gasteiger partial charge in [0, 0.05) is 18.1 Å². The van der Waals surface area contributed by atoms with E-state index in [0.717, 1.165) is 18.3 Å². The van der Waals surface area contributed by atoms with Crippen LogP contribution < -0.4 is 5.32 Å². The number of hydrogen-bond donors (Lipinski definition) is 1. The van der Waals surface area contributed by atoms with Gasteiger partial charge in [0.25, 0.3) is 0 Å². The molecular weight excluding hydrogens is 184 g/mol. The lowest BCUT2D eigenvalue weighted by Gasteiger charge is -2.07. The lowest BCUT2D eigenvalue weighted by molar-refractivity contribution is 0.885. The molecule has 1 saturated carbocycles. The fourth-order valence-electron chi connectivity index (χ4n) is 1.82. The van der Waals surface area contributed by atoms with E-state index >= 15 is 0 Å². The molecule has 0 radical (unpaired) electrons. The third-order valence-corrected chi connectivity index (χ3v) is 2.93. The topological polar surface area (TPSA) is 24.9 Å². The van der Waals surface area contributed by atoms with Gasteiger partial charge in [0.15, 0.2) is 0 Å². The fraction of sp³-hybridized carbons (Fsp3) is 0.308. The van der Waals surface area contributed by atoms with Crippen molar-refractivity contribution in [3.05, 3.63) is 36.5 Å². The van der Waals surface area contributed by atoms with E-state index < -0.39 is 0 Å². The van der Waals surface area contributed by atoms with Gasteiger partial charge < -0.3 is 5.32 Å². The second kappa shape index (κ2) is 3.54. The summed E-state index contributed by atoms with van der Waals surface area (Å²) in [5.41, 5.74) is 0. The van der Waals surface area contributed by atoms with Crippen molar-refractivity contribution in [2.24, 2.45) is 5.92 Å². The van der Waals surface area contributed by atoms with Crippen LogP contribution in [0.1, 0.15) is 12.8 Å². The highest BCUT2D eigenvalue weighted by atomic mass is 15.0. The molecule has 1 heterocycles. The van der Waals surface area contributed by atoms with Crippen molar-refractivity contribution < 1.29 is 0 Å². The first kappa shape index (κ1) is 8.72. The quantitative estimate of drug-likeness (QED) is 0.819. The summed E-state index contributed by atoms with van der Waals surface area (Å²) in [6, 6.07) is 10.4. The lowest BCUT2D eigenvalue weighted by Crippen LogP contribution is -2.05. The normalized spacial score (nSPS) is 15.5. The van der Waals surface area contributed by atoms with Crippen molar-refractivity contribution in [3.8, 4) is 0 Å². The molecule has 2 heteroatoms. The average Bonchev–Trinajstić information content (AvgIpc) is 3.10. The number of anilines is 1. The third-order valence-electron chi connectivity index (χ3n) is 2.93. The zero-order valence-electron chi connectivity index (χ0n) is 8.61. The van der Waals surface area contributed by atoms with Crippen LogP contribution in [0.25, 0.3) is 10.8 Å². The zero-order valence-corrected chi connectivity index (χ0v) is 8.61. The maximum atomic E-state index is 4.40. The van der Waals surface area contributed by atoms with E-state index in [4.69, 9.17) is 0 Å². The van der Waals surface area contributed by atoms with Crippen molar-refractivity contribution >= 4 is 16.6 Å². The maximum Gasteiger partial charge on any atom is 0.133 e. The molecule has 76 valence electrons. The van der Waals surface area contributed by atoms with E-state index in [9.17, 15) is 0 Å². The van der Waals surface area contributed by atoms with Crippen molar-refractivity contribution in [2.45, 2.75) is 12.8 Å². The second-order valence-electron chi connectivity index (χ2n) is 4.20. The van der Waals surface area contributed by atoms with Crippen molar-refractivity contribution in [1.29, 1.82) is 0 Å². The van der Waals surface area contributed by atoms with Gasteiger partial charge in [0.05, 0.1) is 0 Å². The van der Waals surface area contributed by atoms with E-state index in [-0.39, 0.29) is 0 Å². The minimum atomic E-state index is 0.880. The highest BCUT2D eigenvalue weighted by molar-refractivity contribution is 5.91. The Morgan fingerprint density at radius 1 is 1.20 bits per heavy atom. The molecule has 1 fully saturated rings. The number of aromatic nitrogens is 1. The molecular formula is C13H14N2. The van der Waals surface area contributed by atoms with E-state index in [1.54, 1.807) is 0 Å². The van der Waals surface area contributed by atoms with Gasteiger partial charge in [-0.15, -0.1) is 0 Å². The molecule has 0 amide bonds. The van der Waals surface area contributed by atoms with Crippen molar-refractivity contribution in [3.63, 3.8) is 0 Å². The minimum Gasteiger partial charge on any atom is -0.369 e. The zero-order chi connectivity index (χ0) is 10.1. The summed E-state index contributed by atoms with van der Waals surface area (Å²) in [6.45, 7) is 1.07. The summed E-state index contributed by atoms with van der Waals surface area (Å²) in [7, 11) is 0. The van der Waals surface area contributed by atoms with E-state index in [1.807, 2.05) is 6.20 Å². The van der Waals surface area contributed by atoms with Gasteiger partial charge in [-0.1, -0.05) is 24.3 Å². The molecule has 0 aliphatic heterocycles. The summed E-state index contributed by atoms with van der Waals surface area (Å²) in [6.07, 6.45) is 4.62. The average molecular weight is 198 g/mol. The van der Waals surface area contributed by atoms with Crippen molar-refractivity contribution in [2.75, 3.05) is 11.9 Å². The van der Waals surface area contributed by atoms with Gasteiger partial charge in [-0.05, 0) is 30.2 Å². The van der Waals surface area contributed by atoms with Crippen LogP contribution in [-0.4, -0.2) is 11.5 Å². The highest BCUT2D eigenvalue weighted by Crippen LogP contribution is 2.29. The number of hydrogen-bond acceptors (Lipinski definition) is 2. The SMILES string of the molecule is c1ccc2c(NCC3CC3)nccc2c1. The Morgan fingerprint density at radius 3 is 2.93 bits per heavy atom. The summed E-state index contributed by atoms with van der Waals surface area (Å²) >= 11 is 0. The highest BCUT2D eigenvalue weighted by Gasteiger charge is 2.20. The Bertz CT molecular complexity index is 469. The van der Waals surface area contributed by atoms with Crippen LogP contribution >= 0.6 is 0 Å². The van der Waals surface area contributed by atoms with E-state index in [1.165, 1.54) is 23.6 Å². The van der Waals surface area contributed by atoms with Gasteiger partial charge in [-0.3, -0.25) is 0 Å². The summed E-state index contributed by atoms with van der Waals surface area (Å²) in [5, 5.41) is 5.92. The molecule has 2 aromatic rings. The number of nitrogens with zero attached hydrogens (tertiary/aromatic N) is 1. The monoisotopic (exact) mass is 198 g/mol. The van der Waals surface area contributed by atoms with Crippen LogP contribution in [-0.2, 0) is 0 Å². The van der Waals surface area contributed by atoms with Crippen LogP contribution in [0, 0.1) is 5.92 Å². The molecule has 15 heavy (non-hydrogen) atoms. The predicted molar refractivity (Wildman–Crippen MR) is 63.0 cm³/mol. The first-order valence-electron chi connectivity index (χ1n) is 5.51. The second-order valence-corrected chi connectivity index (χ2v) is 4.20. The van der Waals surface area contributed by atoms with Crippen molar-refractivity contribution in [1.82, 2.24) is 4.98 Å². The number of rotatable bonds is 3. The van der Waals surface area contributed by atoms with Crippen LogP contribution in [0.5, 0.6) is 0 Å². The molecule has 3 rings (SSSR count). The summed E-state index contributed by atoms with van der Waals surface area (Å²) in [4.78, 5) is 4.40. The molecule has 0 atom stereocenters. The van der Waals surface area contributed by atoms with Gasteiger partial charge in [0.1, 0.15) is 5.82 Å². The Hall–Kier alpha value is -1.57. The standard InChI is InChI=1S/C13H14N2/c1-2-4-12-11(3-1)7-8-14-13(12)15-9-10-5-6-10/h1-4,7-8,10H,5-6,9H2,(H,14,15). The van der Waals surface area contributed by atoms with Crippen LogP contribution in [0.2, 0.25) is 0 Å². The molecule has 1 aromatic carbocycles. The smallest absolute Gasteiger partial charge is 0.133 e. The molecule has 1 aliphatic carbocycles. The van der Waals surface area contributed by atoms with Crippen LogP contribution in [0.4, 0.5) is 5.82 Å². The number of pyridine rings is 1. The number of nitrogens with one attached hydrogen (secondary N) is 1. The first-order chi connectivity index (χ1) is 7.43. The number of fused-ring (bicyclic) bond motifs is 1. The molecule has 0 bridgehead atoms. The third kappa shape index (κ3) is 1.80. The molecule has 0 spiro atoms. The largest absolute Gasteiger partial charge is 0.369 e. The van der Waals surface area contributed by atoms with Gasteiger partial charge in [0.2, 0.25) is 0 Å². The van der Waals surface area contributed by atoms with E-state index in [0.29, 0.717) is 0 Å². The fourth-order valence-corrected chi connectivity index (χ4v) is 1.82. The maximum absolute atomic E-state index is 4.40. The Kier molecular flexibility index (Phi) is 2.05. The molecule has 2 nitrogen and oxygen atoms in total. The Morgan fingerprint density at radius 2 is 2.07 bits per heavy atom. The minimum absolute atomic E-state index is 0.880. The predicted octanol–water partition coefficient (Wildman–Crippen LogP) is 3.06. The van der Waals surface area contributed by atoms with Gasteiger partial charge >= 0.3 is 0 Å². The summed E-state index contributed by atoms with van der Waals surface area (Å²) < 4.78 is 0. The number of benzene rings is 1. The van der Waals surface area contributed by atoms with Crippen LogP contribution in [0.15, 0.2) is 36.5 Å². The molecule has 1 aromatic heterocycles. The molecule has 0 saturated heterocycles. The van der Waals surface area contributed by atoms with Gasteiger partial charge in [-0.25, -0.2) is 4.98 Å². The Labute approximate surface area is 89.3 Å². The van der Waals surface area contributed by atoms with E-state index in [2.05, 4.69) is 40.6 Å². The van der Waals surface area contributed by atoms with Gasteiger partial charge in [-0.2, -0.15) is 0 Å². The van der Waals surface area contributed by atoms with Crippen LogP contribution in [0.3, 0.4) is 0 Å². The Balaban J connectivity index is 1.93. The first-order valence-corrected chi connectivity index (χ1v) is 5.51. The molecule has 0 unspecified atom stereocenters. The lowest BCUT2D eigenvalue weighted by atomic mass is 10.1. The molecule has 1 N–H and O–H groups in total. The molecule has 1 aliphatic rings.